The van der Waals surface area contributed by atoms with Gasteiger partial charge in [0.25, 0.3) is 5.56 Å². The number of carbonyl (C=O) groups is 1. The van der Waals surface area contributed by atoms with Crippen molar-refractivity contribution in [1.82, 2.24) is 19.5 Å². The summed E-state index contributed by atoms with van der Waals surface area (Å²) in [6, 6.07) is 9.18. The number of benzene rings is 1. The van der Waals surface area contributed by atoms with Crippen molar-refractivity contribution in [2.75, 3.05) is 11.1 Å². The summed E-state index contributed by atoms with van der Waals surface area (Å²) in [5, 5.41) is 3.14. The van der Waals surface area contributed by atoms with Gasteiger partial charge < -0.3 is 9.88 Å². The lowest BCUT2D eigenvalue weighted by atomic mass is 10.3. The van der Waals surface area contributed by atoms with Crippen molar-refractivity contribution in [3.63, 3.8) is 0 Å². The van der Waals surface area contributed by atoms with Crippen molar-refractivity contribution < 1.29 is 4.79 Å². The number of nitrogens with one attached hydrogen (secondary N) is 2. The normalized spacial score (nSPS) is 10.8. The lowest BCUT2D eigenvalue weighted by Crippen LogP contribution is -2.16. The number of aromatic nitrogens is 4. The van der Waals surface area contributed by atoms with Crippen LogP contribution in [0.3, 0.4) is 0 Å². The van der Waals surface area contributed by atoms with Crippen LogP contribution in [0, 0.1) is 0 Å². The SMILES string of the molecule is Cn1cnc2nc(SCC(=O)Nc3ccccc3)[nH]c(=O)c21. The molecule has 22 heavy (non-hydrogen) atoms. The molecule has 0 atom stereocenters. The fraction of sp³-hybridized carbons (Fsp3) is 0.143. The maximum absolute atomic E-state index is 11.9. The van der Waals surface area contributed by atoms with E-state index >= 15 is 0 Å². The second-order valence-corrected chi connectivity index (χ2v) is 5.57. The van der Waals surface area contributed by atoms with Crippen LogP contribution in [0.15, 0.2) is 46.6 Å². The number of aryl methyl sites for hydroxylation is 1. The van der Waals surface area contributed by atoms with E-state index in [4.69, 9.17) is 0 Å². The molecule has 3 aromatic rings. The molecule has 0 aliphatic carbocycles. The number of aromatic amines is 1. The third-order valence-electron chi connectivity index (χ3n) is 2.96. The molecule has 2 N–H and O–H groups in total. The molecule has 0 aliphatic rings. The number of amides is 1. The Morgan fingerprint density at radius 1 is 1.36 bits per heavy atom. The van der Waals surface area contributed by atoms with Crippen LogP contribution in [0.5, 0.6) is 0 Å². The Hall–Kier alpha value is -2.61. The first-order chi connectivity index (χ1) is 10.6. The van der Waals surface area contributed by atoms with Crippen molar-refractivity contribution >= 4 is 34.5 Å². The molecular formula is C14H13N5O2S. The Bertz CT molecular complexity index is 872. The lowest BCUT2D eigenvalue weighted by Gasteiger charge is -2.04. The maximum Gasteiger partial charge on any atom is 0.277 e. The van der Waals surface area contributed by atoms with Gasteiger partial charge in [-0.05, 0) is 12.1 Å². The van der Waals surface area contributed by atoms with Crippen LogP contribution >= 0.6 is 11.8 Å². The van der Waals surface area contributed by atoms with Crippen LogP contribution in [0.25, 0.3) is 11.2 Å². The number of nitrogens with zero attached hydrogens (tertiary/aromatic N) is 3. The van der Waals surface area contributed by atoms with Crippen molar-refractivity contribution in [1.29, 1.82) is 0 Å². The molecule has 0 bridgehead atoms. The topological polar surface area (TPSA) is 92.7 Å². The Balaban J connectivity index is 1.69. The zero-order chi connectivity index (χ0) is 15.5. The summed E-state index contributed by atoms with van der Waals surface area (Å²) < 4.78 is 1.61. The number of anilines is 1. The van der Waals surface area contributed by atoms with Crippen LogP contribution in [0.2, 0.25) is 0 Å². The highest BCUT2D eigenvalue weighted by molar-refractivity contribution is 7.99. The Morgan fingerprint density at radius 3 is 2.91 bits per heavy atom. The smallest absolute Gasteiger partial charge is 0.277 e. The number of rotatable bonds is 4. The maximum atomic E-state index is 11.9. The summed E-state index contributed by atoms with van der Waals surface area (Å²) in [7, 11) is 1.73. The lowest BCUT2D eigenvalue weighted by molar-refractivity contribution is -0.113. The summed E-state index contributed by atoms with van der Waals surface area (Å²) in [5.41, 5.74) is 1.25. The molecule has 7 nitrogen and oxygen atoms in total. The summed E-state index contributed by atoms with van der Waals surface area (Å²) in [5.74, 6) is -0.0177. The van der Waals surface area contributed by atoms with Gasteiger partial charge >= 0.3 is 0 Å². The predicted octanol–water partition coefficient (Wildman–Crippen LogP) is 1.39. The molecule has 1 aromatic carbocycles. The monoisotopic (exact) mass is 315 g/mol. The molecule has 112 valence electrons. The summed E-state index contributed by atoms with van der Waals surface area (Å²) in [4.78, 5) is 34.7. The van der Waals surface area contributed by atoms with Gasteiger partial charge in [-0.3, -0.25) is 14.6 Å². The minimum atomic E-state index is -0.268. The molecule has 2 heterocycles. The molecule has 0 saturated carbocycles. The van der Waals surface area contributed by atoms with E-state index in [0.29, 0.717) is 16.3 Å². The van der Waals surface area contributed by atoms with Gasteiger partial charge in [0.05, 0.1) is 12.1 Å². The van der Waals surface area contributed by atoms with E-state index in [0.717, 1.165) is 17.4 Å². The average molecular weight is 315 g/mol. The second-order valence-electron chi connectivity index (χ2n) is 4.60. The third kappa shape index (κ3) is 3.01. The third-order valence-corrected chi connectivity index (χ3v) is 3.83. The molecule has 8 heteroatoms. The van der Waals surface area contributed by atoms with E-state index in [9.17, 15) is 9.59 Å². The standard InChI is InChI=1S/C14H13N5O2S/c1-19-8-15-12-11(19)13(21)18-14(17-12)22-7-10(20)16-9-5-3-2-4-6-9/h2-6,8H,7H2,1H3,(H,16,20)(H,17,18,21). The number of carbonyl (C=O) groups excluding carboxylic acids is 1. The quantitative estimate of drug-likeness (QED) is 0.560. The Kier molecular flexibility index (Phi) is 3.92. The molecule has 0 aliphatic heterocycles. The number of para-hydroxylation sites is 1. The van der Waals surface area contributed by atoms with Gasteiger partial charge in [-0.25, -0.2) is 9.97 Å². The molecule has 3 rings (SSSR count). The highest BCUT2D eigenvalue weighted by Gasteiger charge is 2.10. The van der Waals surface area contributed by atoms with E-state index in [1.165, 1.54) is 6.33 Å². The second kappa shape index (κ2) is 6.02. The van der Waals surface area contributed by atoms with Gasteiger partial charge in [0.1, 0.15) is 0 Å². The molecule has 0 fully saturated rings. The van der Waals surface area contributed by atoms with Crippen molar-refractivity contribution in [2.24, 2.45) is 7.05 Å². The minimum Gasteiger partial charge on any atom is -0.328 e. The molecule has 1 amide bonds. The van der Waals surface area contributed by atoms with Gasteiger partial charge in [0.15, 0.2) is 16.3 Å². The van der Waals surface area contributed by atoms with Gasteiger partial charge in [-0.2, -0.15) is 0 Å². The molecular weight excluding hydrogens is 302 g/mol. The van der Waals surface area contributed by atoms with Crippen molar-refractivity contribution in [3.05, 3.63) is 47.0 Å². The van der Waals surface area contributed by atoms with Gasteiger partial charge in [-0.1, -0.05) is 30.0 Å². The Labute approximate surface area is 129 Å². The molecule has 2 aromatic heterocycles. The predicted molar refractivity (Wildman–Crippen MR) is 84.9 cm³/mol. The fourth-order valence-corrected chi connectivity index (χ4v) is 2.62. The number of fused-ring (bicyclic) bond motifs is 1. The van der Waals surface area contributed by atoms with Crippen LogP contribution in [0.4, 0.5) is 5.69 Å². The summed E-state index contributed by atoms with van der Waals surface area (Å²) >= 11 is 1.16. The van der Waals surface area contributed by atoms with Gasteiger partial charge in [-0.15, -0.1) is 0 Å². The zero-order valence-corrected chi connectivity index (χ0v) is 12.6. The molecule has 0 radical (unpaired) electrons. The first kappa shape index (κ1) is 14.3. The first-order valence-corrected chi connectivity index (χ1v) is 7.51. The van der Waals surface area contributed by atoms with Crippen molar-refractivity contribution in [3.8, 4) is 0 Å². The number of imidazole rings is 1. The van der Waals surface area contributed by atoms with E-state index in [2.05, 4.69) is 20.3 Å². The first-order valence-electron chi connectivity index (χ1n) is 6.52. The van der Waals surface area contributed by atoms with E-state index < -0.39 is 0 Å². The average Bonchev–Trinajstić information content (AvgIpc) is 2.88. The fourth-order valence-electron chi connectivity index (χ4n) is 1.96. The highest BCUT2D eigenvalue weighted by Crippen LogP contribution is 2.14. The van der Waals surface area contributed by atoms with Crippen LogP contribution < -0.4 is 10.9 Å². The molecule has 0 saturated heterocycles. The zero-order valence-electron chi connectivity index (χ0n) is 11.7. The number of thioether (sulfide) groups is 1. The van der Waals surface area contributed by atoms with Crippen LogP contribution in [-0.4, -0.2) is 31.2 Å². The Morgan fingerprint density at radius 2 is 2.14 bits per heavy atom. The number of H-pyrrole nitrogens is 1. The van der Waals surface area contributed by atoms with Crippen LogP contribution in [-0.2, 0) is 11.8 Å². The molecule has 0 spiro atoms. The number of hydrogen-bond donors (Lipinski definition) is 2. The van der Waals surface area contributed by atoms with Crippen LogP contribution in [0.1, 0.15) is 0 Å². The highest BCUT2D eigenvalue weighted by atomic mass is 32.2. The summed E-state index contributed by atoms with van der Waals surface area (Å²) in [6.45, 7) is 0. The minimum absolute atomic E-state index is 0.149. The van der Waals surface area contributed by atoms with E-state index in [-0.39, 0.29) is 17.2 Å². The van der Waals surface area contributed by atoms with E-state index in [1.54, 1.807) is 11.6 Å². The van der Waals surface area contributed by atoms with Gasteiger partial charge in [0, 0.05) is 12.7 Å². The van der Waals surface area contributed by atoms with Gasteiger partial charge in [0.2, 0.25) is 5.91 Å². The summed E-state index contributed by atoms with van der Waals surface area (Å²) in [6.07, 6.45) is 1.53. The number of hydrogen-bond acceptors (Lipinski definition) is 5. The van der Waals surface area contributed by atoms with E-state index in [1.807, 2.05) is 30.3 Å². The van der Waals surface area contributed by atoms with Crippen molar-refractivity contribution in [2.45, 2.75) is 5.16 Å². The largest absolute Gasteiger partial charge is 0.328 e. The molecule has 0 unspecified atom stereocenters.